The molecule has 0 aliphatic carbocycles. The number of benzene rings is 1. The Kier molecular flexibility index (Phi) is 8.47. The first-order chi connectivity index (χ1) is 10.2. The summed E-state index contributed by atoms with van der Waals surface area (Å²) >= 11 is 0. The zero-order valence-corrected chi connectivity index (χ0v) is 13.0. The van der Waals surface area contributed by atoms with Crippen molar-refractivity contribution in [1.29, 1.82) is 0 Å². The smallest absolute Gasteiger partial charge is 0.251 e. The van der Waals surface area contributed by atoms with Gasteiger partial charge in [-0.1, -0.05) is 0 Å². The molecular formula is C16H26N2O3. The molecule has 0 aromatic heterocycles. The van der Waals surface area contributed by atoms with Gasteiger partial charge in [-0.2, -0.15) is 0 Å². The summed E-state index contributed by atoms with van der Waals surface area (Å²) in [5.41, 5.74) is 1.80. The minimum Gasteiger partial charge on any atom is -0.394 e. The first kappa shape index (κ1) is 17.5. The second-order valence-electron chi connectivity index (χ2n) is 4.66. The van der Waals surface area contributed by atoms with Gasteiger partial charge in [-0.3, -0.25) is 4.79 Å². The summed E-state index contributed by atoms with van der Waals surface area (Å²) in [5.74, 6) is -0.0664. The third-order valence-electron chi connectivity index (χ3n) is 3.24. The third-order valence-corrected chi connectivity index (χ3v) is 3.24. The predicted molar refractivity (Wildman–Crippen MR) is 84.9 cm³/mol. The van der Waals surface area contributed by atoms with Crippen molar-refractivity contribution in [2.24, 2.45) is 0 Å². The summed E-state index contributed by atoms with van der Waals surface area (Å²) in [6, 6.07) is 7.66. The Morgan fingerprint density at radius 2 is 1.86 bits per heavy atom. The molecule has 21 heavy (non-hydrogen) atoms. The number of nitrogens with zero attached hydrogens (tertiary/aromatic N) is 1. The number of nitrogens with one attached hydrogen (secondary N) is 1. The molecule has 0 atom stereocenters. The van der Waals surface area contributed by atoms with Gasteiger partial charge in [0.25, 0.3) is 5.91 Å². The summed E-state index contributed by atoms with van der Waals surface area (Å²) in [4.78, 5) is 14.2. The summed E-state index contributed by atoms with van der Waals surface area (Å²) in [5, 5.41) is 11.4. The molecule has 2 N–H and O–H groups in total. The number of carbonyl (C=O) groups excluding carboxylic acids is 1. The van der Waals surface area contributed by atoms with E-state index in [1.807, 2.05) is 24.3 Å². The molecule has 0 aliphatic rings. The van der Waals surface area contributed by atoms with E-state index >= 15 is 0 Å². The van der Waals surface area contributed by atoms with Gasteiger partial charge in [-0.25, -0.2) is 0 Å². The molecule has 0 unspecified atom stereocenters. The molecule has 5 nitrogen and oxygen atoms in total. The van der Waals surface area contributed by atoms with Crippen LogP contribution in [0.15, 0.2) is 24.3 Å². The maximum atomic E-state index is 11.9. The van der Waals surface area contributed by atoms with Crippen molar-refractivity contribution in [3.8, 4) is 0 Å². The summed E-state index contributed by atoms with van der Waals surface area (Å²) in [6.45, 7) is 7.63. The number of carbonyl (C=O) groups is 1. The second kappa shape index (κ2) is 10.2. The van der Waals surface area contributed by atoms with E-state index < -0.39 is 0 Å². The normalized spacial score (nSPS) is 10.4. The molecule has 0 radical (unpaired) electrons. The van der Waals surface area contributed by atoms with Crippen LogP contribution >= 0.6 is 0 Å². The molecule has 0 saturated heterocycles. The van der Waals surface area contributed by atoms with Crippen LogP contribution < -0.4 is 10.2 Å². The van der Waals surface area contributed by atoms with E-state index in [0.717, 1.165) is 25.2 Å². The molecule has 0 fully saturated rings. The molecule has 1 aromatic carbocycles. The van der Waals surface area contributed by atoms with E-state index in [-0.39, 0.29) is 12.5 Å². The fourth-order valence-electron chi connectivity index (χ4n) is 2.06. The SMILES string of the molecule is CCN(CC)c1ccc(C(=O)NCCCOCCO)cc1. The van der Waals surface area contributed by atoms with Crippen molar-refractivity contribution < 1.29 is 14.6 Å². The van der Waals surface area contributed by atoms with Gasteiger partial charge < -0.3 is 20.1 Å². The number of rotatable bonds is 10. The van der Waals surface area contributed by atoms with Crippen LogP contribution in [0, 0.1) is 0 Å². The highest BCUT2D eigenvalue weighted by Crippen LogP contribution is 2.14. The molecular weight excluding hydrogens is 268 g/mol. The molecule has 1 aromatic rings. The van der Waals surface area contributed by atoms with Crippen LogP contribution in [0.25, 0.3) is 0 Å². The lowest BCUT2D eigenvalue weighted by atomic mass is 10.2. The molecule has 0 bridgehead atoms. The predicted octanol–water partition coefficient (Wildman–Crippen LogP) is 1.66. The fourth-order valence-corrected chi connectivity index (χ4v) is 2.06. The van der Waals surface area contributed by atoms with E-state index in [4.69, 9.17) is 9.84 Å². The van der Waals surface area contributed by atoms with Crippen molar-refractivity contribution in [2.75, 3.05) is 44.4 Å². The van der Waals surface area contributed by atoms with Gasteiger partial charge in [0.15, 0.2) is 0 Å². The molecule has 0 aliphatic heterocycles. The Morgan fingerprint density at radius 1 is 1.19 bits per heavy atom. The average molecular weight is 294 g/mol. The molecule has 0 heterocycles. The van der Waals surface area contributed by atoms with Crippen LogP contribution in [0.2, 0.25) is 0 Å². The minimum absolute atomic E-state index is 0.0330. The average Bonchev–Trinajstić information content (AvgIpc) is 2.52. The number of hydrogen-bond donors (Lipinski definition) is 2. The first-order valence-electron chi connectivity index (χ1n) is 7.54. The fraction of sp³-hybridized carbons (Fsp3) is 0.562. The largest absolute Gasteiger partial charge is 0.394 e. The highest BCUT2D eigenvalue weighted by Gasteiger charge is 2.06. The standard InChI is InChI=1S/C16H26N2O3/c1-3-18(4-2)15-8-6-14(7-9-15)16(20)17-10-5-12-21-13-11-19/h6-9,19H,3-5,10-13H2,1-2H3,(H,17,20). The summed E-state index contributed by atoms with van der Waals surface area (Å²) in [6.07, 6.45) is 0.739. The molecule has 0 spiro atoms. The second-order valence-corrected chi connectivity index (χ2v) is 4.66. The maximum absolute atomic E-state index is 11.9. The van der Waals surface area contributed by atoms with Gasteiger partial charge in [0.2, 0.25) is 0 Å². The maximum Gasteiger partial charge on any atom is 0.251 e. The summed E-state index contributed by atoms with van der Waals surface area (Å²) in [7, 11) is 0. The van der Waals surface area contributed by atoms with E-state index in [2.05, 4.69) is 24.1 Å². The van der Waals surface area contributed by atoms with Crippen molar-refractivity contribution in [3.63, 3.8) is 0 Å². The van der Waals surface area contributed by atoms with Crippen LogP contribution in [0.1, 0.15) is 30.6 Å². The number of aliphatic hydroxyl groups is 1. The highest BCUT2D eigenvalue weighted by molar-refractivity contribution is 5.94. The molecule has 1 amide bonds. The number of ether oxygens (including phenoxy) is 1. The van der Waals surface area contributed by atoms with Crippen molar-refractivity contribution in [3.05, 3.63) is 29.8 Å². The van der Waals surface area contributed by atoms with E-state index in [0.29, 0.717) is 25.3 Å². The molecule has 118 valence electrons. The zero-order valence-electron chi connectivity index (χ0n) is 13.0. The van der Waals surface area contributed by atoms with Gasteiger partial charge in [-0.05, 0) is 44.5 Å². The Hall–Kier alpha value is -1.59. The van der Waals surface area contributed by atoms with Gasteiger partial charge in [0, 0.05) is 37.5 Å². The summed E-state index contributed by atoms with van der Waals surface area (Å²) < 4.78 is 5.13. The third kappa shape index (κ3) is 6.14. The van der Waals surface area contributed by atoms with Crippen LogP contribution in [0.4, 0.5) is 5.69 Å². The lowest BCUT2D eigenvalue weighted by Gasteiger charge is -2.21. The van der Waals surface area contributed by atoms with Crippen LogP contribution in [-0.4, -0.2) is 50.5 Å². The quantitative estimate of drug-likeness (QED) is 0.644. The zero-order chi connectivity index (χ0) is 15.5. The van der Waals surface area contributed by atoms with Crippen LogP contribution in [-0.2, 0) is 4.74 Å². The van der Waals surface area contributed by atoms with Crippen LogP contribution in [0.5, 0.6) is 0 Å². The van der Waals surface area contributed by atoms with E-state index in [1.165, 1.54) is 0 Å². The van der Waals surface area contributed by atoms with Crippen molar-refractivity contribution in [2.45, 2.75) is 20.3 Å². The van der Waals surface area contributed by atoms with Crippen molar-refractivity contribution >= 4 is 11.6 Å². The number of aliphatic hydroxyl groups excluding tert-OH is 1. The Balaban J connectivity index is 2.37. The molecule has 1 rings (SSSR count). The van der Waals surface area contributed by atoms with E-state index in [9.17, 15) is 4.79 Å². The lowest BCUT2D eigenvalue weighted by Crippen LogP contribution is -2.26. The molecule has 5 heteroatoms. The van der Waals surface area contributed by atoms with Gasteiger partial charge in [0.05, 0.1) is 13.2 Å². The Morgan fingerprint density at radius 3 is 2.43 bits per heavy atom. The van der Waals surface area contributed by atoms with Gasteiger partial charge in [0.1, 0.15) is 0 Å². The molecule has 0 saturated carbocycles. The minimum atomic E-state index is -0.0664. The number of hydrogen-bond acceptors (Lipinski definition) is 4. The van der Waals surface area contributed by atoms with Gasteiger partial charge >= 0.3 is 0 Å². The van der Waals surface area contributed by atoms with Gasteiger partial charge in [-0.15, -0.1) is 0 Å². The topological polar surface area (TPSA) is 61.8 Å². The monoisotopic (exact) mass is 294 g/mol. The van der Waals surface area contributed by atoms with Crippen LogP contribution in [0.3, 0.4) is 0 Å². The highest BCUT2D eigenvalue weighted by atomic mass is 16.5. The van der Waals surface area contributed by atoms with Crippen molar-refractivity contribution in [1.82, 2.24) is 5.32 Å². The number of anilines is 1. The van der Waals surface area contributed by atoms with E-state index in [1.54, 1.807) is 0 Å². The lowest BCUT2D eigenvalue weighted by molar-refractivity contribution is 0.0867. The number of amides is 1. The first-order valence-corrected chi connectivity index (χ1v) is 7.54. The Labute approximate surface area is 126 Å². The Bertz CT molecular complexity index is 402.